The van der Waals surface area contributed by atoms with E-state index in [2.05, 4.69) is 4.98 Å². The molecule has 0 aliphatic carbocycles. The van der Waals surface area contributed by atoms with Crippen LogP contribution in [0.4, 0.5) is 0 Å². The SMILES string of the molecule is O=C(c1cc(Cl)ccc1Cl)c1cncc2ccccc12. The molecule has 0 bridgehead atoms. The molecule has 20 heavy (non-hydrogen) atoms. The number of carbonyl (C=O) groups excluding carboxylic acids is 1. The third-order valence-corrected chi connectivity index (χ3v) is 3.65. The minimum atomic E-state index is -0.179. The van der Waals surface area contributed by atoms with Gasteiger partial charge in [0, 0.05) is 33.9 Å². The lowest BCUT2D eigenvalue weighted by Crippen LogP contribution is -2.03. The van der Waals surface area contributed by atoms with Gasteiger partial charge in [-0.2, -0.15) is 0 Å². The number of hydrogen-bond donors (Lipinski definition) is 0. The average molecular weight is 302 g/mol. The molecular weight excluding hydrogens is 293 g/mol. The van der Waals surface area contributed by atoms with Gasteiger partial charge in [-0.05, 0) is 23.6 Å². The van der Waals surface area contributed by atoms with Crippen LogP contribution in [0.5, 0.6) is 0 Å². The fraction of sp³-hybridized carbons (Fsp3) is 0. The Morgan fingerprint density at radius 3 is 2.60 bits per heavy atom. The molecule has 1 heterocycles. The van der Waals surface area contributed by atoms with Crippen molar-refractivity contribution in [1.29, 1.82) is 0 Å². The van der Waals surface area contributed by atoms with Gasteiger partial charge in [-0.1, -0.05) is 47.5 Å². The fourth-order valence-corrected chi connectivity index (χ4v) is 2.49. The number of nitrogens with zero attached hydrogens (tertiary/aromatic N) is 1. The Morgan fingerprint density at radius 2 is 1.75 bits per heavy atom. The molecule has 2 aromatic carbocycles. The van der Waals surface area contributed by atoms with Crippen LogP contribution in [0, 0.1) is 0 Å². The number of rotatable bonds is 2. The first-order valence-electron chi connectivity index (χ1n) is 5.99. The number of benzene rings is 2. The minimum absolute atomic E-state index is 0.179. The summed E-state index contributed by atoms with van der Waals surface area (Å²) in [5.74, 6) is -0.179. The van der Waals surface area contributed by atoms with E-state index in [1.807, 2.05) is 24.3 Å². The smallest absolute Gasteiger partial charge is 0.196 e. The molecule has 0 aliphatic heterocycles. The average Bonchev–Trinajstić information content (AvgIpc) is 2.48. The molecule has 0 fully saturated rings. The third kappa shape index (κ3) is 2.28. The maximum absolute atomic E-state index is 12.7. The molecule has 0 saturated heterocycles. The monoisotopic (exact) mass is 301 g/mol. The fourth-order valence-electron chi connectivity index (χ4n) is 2.11. The van der Waals surface area contributed by atoms with E-state index in [9.17, 15) is 4.79 Å². The van der Waals surface area contributed by atoms with Gasteiger partial charge in [-0.3, -0.25) is 9.78 Å². The molecule has 0 saturated carbocycles. The van der Waals surface area contributed by atoms with Gasteiger partial charge in [0.1, 0.15) is 0 Å². The lowest BCUT2D eigenvalue weighted by molar-refractivity contribution is 0.104. The lowest BCUT2D eigenvalue weighted by Gasteiger charge is -2.07. The van der Waals surface area contributed by atoms with Crippen molar-refractivity contribution >= 4 is 39.8 Å². The van der Waals surface area contributed by atoms with Gasteiger partial charge in [0.25, 0.3) is 0 Å². The molecule has 3 aromatic rings. The number of ketones is 1. The zero-order valence-electron chi connectivity index (χ0n) is 10.3. The van der Waals surface area contributed by atoms with Crippen molar-refractivity contribution in [1.82, 2.24) is 4.98 Å². The first-order chi connectivity index (χ1) is 9.66. The molecule has 0 aliphatic rings. The number of halogens is 2. The first kappa shape index (κ1) is 13.1. The maximum Gasteiger partial charge on any atom is 0.196 e. The van der Waals surface area contributed by atoms with E-state index >= 15 is 0 Å². The molecule has 0 N–H and O–H groups in total. The first-order valence-corrected chi connectivity index (χ1v) is 6.75. The van der Waals surface area contributed by atoms with E-state index in [4.69, 9.17) is 23.2 Å². The van der Waals surface area contributed by atoms with Crippen LogP contribution in [0.2, 0.25) is 10.0 Å². The van der Waals surface area contributed by atoms with Gasteiger partial charge >= 0.3 is 0 Å². The Balaban J connectivity index is 2.20. The summed E-state index contributed by atoms with van der Waals surface area (Å²) < 4.78 is 0. The molecular formula is C16H9Cl2NO. The van der Waals surface area contributed by atoms with Crippen molar-refractivity contribution in [2.24, 2.45) is 0 Å². The van der Waals surface area contributed by atoms with Crippen LogP contribution in [0.3, 0.4) is 0 Å². The summed E-state index contributed by atoms with van der Waals surface area (Å²) in [4.78, 5) is 16.8. The van der Waals surface area contributed by atoms with E-state index in [1.165, 1.54) is 0 Å². The van der Waals surface area contributed by atoms with E-state index < -0.39 is 0 Å². The quantitative estimate of drug-likeness (QED) is 0.638. The van der Waals surface area contributed by atoms with Crippen molar-refractivity contribution in [3.05, 3.63) is 76.0 Å². The van der Waals surface area contributed by atoms with Crippen molar-refractivity contribution in [2.75, 3.05) is 0 Å². The molecule has 3 rings (SSSR count). The number of pyridine rings is 1. The van der Waals surface area contributed by atoms with Crippen molar-refractivity contribution in [2.45, 2.75) is 0 Å². The van der Waals surface area contributed by atoms with Gasteiger partial charge in [0.05, 0.1) is 5.02 Å². The van der Waals surface area contributed by atoms with Crippen LogP contribution >= 0.6 is 23.2 Å². The molecule has 1 aromatic heterocycles. The Morgan fingerprint density at radius 1 is 0.950 bits per heavy atom. The van der Waals surface area contributed by atoms with Gasteiger partial charge in [-0.15, -0.1) is 0 Å². The number of aromatic nitrogens is 1. The zero-order valence-corrected chi connectivity index (χ0v) is 11.8. The largest absolute Gasteiger partial charge is 0.288 e. The molecule has 4 heteroatoms. The Labute approximate surface area is 126 Å². The summed E-state index contributed by atoms with van der Waals surface area (Å²) in [6.07, 6.45) is 3.29. The van der Waals surface area contributed by atoms with Gasteiger partial charge < -0.3 is 0 Å². The predicted octanol–water partition coefficient (Wildman–Crippen LogP) is 4.77. The lowest BCUT2D eigenvalue weighted by atomic mass is 10.00. The van der Waals surface area contributed by atoms with Crippen molar-refractivity contribution < 1.29 is 4.79 Å². The minimum Gasteiger partial charge on any atom is -0.288 e. The molecule has 0 amide bonds. The van der Waals surface area contributed by atoms with E-state index in [-0.39, 0.29) is 5.78 Å². The molecule has 0 atom stereocenters. The maximum atomic E-state index is 12.7. The summed E-state index contributed by atoms with van der Waals surface area (Å²) in [6.45, 7) is 0. The summed E-state index contributed by atoms with van der Waals surface area (Å²) in [6, 6.07) is 12.5. The van der Waals surface area contributed by atoms with Crippen LogP contribution in [0.1, 0.15) is 15.9 Å². The summed E-state index contributed by atoms with van der Waals surface area (Å²) in [5, 5.41) is 2.62. The highest BCUT2D eigenvalue weighted by Crippen LogP contribution is 2.26. The second-order valence-electron chi connectivity index (χ2n) is 4.36. The Hall–Kier alpha value is -1.90. The van der Waals surface area contributed by atoms with Crippen LogP contribution < -0.4 is 0 Å². The normalized spacial score (nSPS) is 10.7. The standard InChI is InChI=1S/C16H9Cl2NO/c17-11-5-6-15(18)13(7-11)16(20)14-9-19-8-10-3-1-2-4-12(10)14/h1-9H. The number of carbonyl (C=O) groups is 1. The van der Waals surface area contributed by atoms with Crippen LogP contribution in [-0.2, 0) is 0 Å². The number of fused-ring (bicyclic) bond motifs is 1. The Bertz CT molecular complexity index is 809. The van der Waals surface area contributed by atoms with E-state index in [1.54, 1.807) is 30.6 Å². The van der Waals surface area contributed by atoms with Crippen LogP contribution in [-0.4, -0.2) is 10.8 Å². The number of hydrogen-bond acceptors (Lipinski definition) is 2. The summed E-state index contributed by atoms with van der Waals surface area (Å²) in [5.41, 5.74) is 0.907. The Kier molecular flexibility index (Phi) is 3.43. The van der Waals surface area contributed by atoms with E-state index in [0.29, 0.717) is 21.2 Å². The zero-order chi connectivity index (χ0) is 14.1. The highest BCUT2D eigenvalue weighted by molar-refractivity contribution is 6.37. The highest BCUT2D eigenvalue weighted by atomic mass is 35.5. The highest BCUT2D eigenvalue weighted by Gasteiger charge is 2.16. The second kappa shape index (κ2) is 5.23. The summed E-state index contributed by atoms with van der Waals surface area (Å²) >= 11 is 12.0. The van der Waals surface area contributed by atoms with Gasteiger partial charge in [-0.25, -0.2) is 0 Å². The van der Waals surface area contributed by atoms with Crippen LogP contribution in [0.25, 0.3) is 10.8 Å². The van der Waals surface area contributed by atoms with Gasteiger partial charge in [0.2, 0.25) is 0 Å². The molecule has 98 valence electrons. The molecule has 0 unspecified atom stereocenters. The molecule has 0 radical (unpaired) electrons. The van der Waals surface area contributed by atoms with E-state index in [0.717, 1.165) is 10.8 Å². The summed E-state index contributed by atoms with van der Waals surface area (Å²) in [7, 11) is 0. The molecule has 0 spiro atoms. The second-order valence-corrected chi connectivity index (χ2v) is 5.21. The van der Waals surface area contributed by atoms with Crippen LogP contribution in [0.15, 0.2) is 54.9 Å². The topological polar surface area (TPSA) is 30.0 Å². The third-order valence-electron chi connectivity index (χ3n) is 3.09. The van der Waals surface area contributed by atoms with Crippen molar-refractivity contribution in [3.63, 3.8) is 0 Å². The molecule has 2 nitrogen and oxygen atoms in total. The van der Waals surface area contributed by atoms with Gasteiger partial charge in [0.15, 0.2) is 5.78 Å². The predicted molar refractivity (Wildman–Crippen MR) is 81.6 cm³/mol. The van der Waals surface area contributed by atoms with Crippen molar-refractivity contribution in [3.8, 4) is 0 Å².